The molecule has 1 N–H and O–H groups in total. The molecule has 0 spiro atoms. The van der Waals surface area contributed by atoms with Crippen LogP contribution in [-0.4, -0.2) is 27.1 Å². The van der Waals surface area contributed by atoms with Crippen LogP contribution in [0.15, 0.2) is 12.4 Å². The molecule has 1 heterocycles. The van der Waals surface area contributed by atoms with Gasteiger partial charge in [-0.15, -0.1) is 0 Å². The average molecular weight is 210 g/mol. The first-order valence-corrected chi connectivity index (χ1v) is 4.72. The summed E-state index contributed by atoms with van der Waals surface area (Å²) in [4.78, 5) is 18.1. The maximum Gasteiger partial charge on any atom is 0.356 e. The van der Waals surface area contributed by atoms with Crippen molar-refractivity contribution < 1.29 is 14.6 Å². The Morgan fingerprint density at radius 2 is 2.00 bits per heavy atom. The molecule has 82 valence electrons. The second kappa shape index (κ2) is 4.72. The highest BCUT2D eigenvalue weighted by atomic mass is 16.5. The number of hydrogen-bond donors (Lipinski definition) is 1. The van der Waals surface area contributed by atoms with Crippen LogP contribution in [0.2, 0.25) is 0 Å². The summed E-state index contributed by atoms with van der Waals surface area (Å²) in [6.45, 7) is 5.99. The number of hydrogen-bond acceptors (Lipinski definition) is 4. The zero-order valence-corrected chi connectivity index (χ0v) is 8.97. The molecule has 0 amide bonds. The van der Waals surface area contributed by atoms with Gasteiger partial charge >= 0.3 is 5.97 Å². The Morgan fingerprint density at radius 3 is 2.40 bits per heavy atom. The minimum absolute atomic E-state index is 0.0231. The highest BCUT2D eigenvalue weighted by Crippen LogP contribution is 2.11. The van der Waals surface area contributed by atoms with Crippen molar-refractivity contribution in [3.63, 3.8) is 0 Å². The van der Waals surface area contributed by atoms with Crippen molar-refractivity contribution in [2.24, 2.45) is 5.92 Å². The van der Waals surface area contributed by atoms with Crippen LogP contribution < -0.4 is 4.74 Å². The molecular formula is C10H14N2O3. The Bertz CT molecular complexity index is 335. The number of carboxylic acids is 1. The van der Waals surface area contributed by atoms with E-state index in [2.05, 4.69) is 9.97 Å². The van der Waals surface area contributed by atoms with E-state index in [1.165, 1.54) is 12.4 Å². The maximum absolute atomic E-state index is 10.5. The van der Waals surface area contributed by atoms with E-state index in [1.807, 2.05) is 20.8 Å². The molecule has 1 aromatic heterocycles. The molecule has 5 heteroatoms. The first-order chi connectivity index (χ1) is 7.00. The predicted octanol–water partition coefficient (Wildman–Crippen LogP) is 1.60. The van der Waals surface area contributed by atoms with Crippen molar-refractivity contribution in [3.8, 4) is 5.88 Å². The Morgan fingerprint density at radius 1 is 1.33 bits per heavy atom. The van der Waals surface area contributed by atoms with Crippen LogP contribution in [-0.2, 0) is 0 Å². The van der Waals surface area contributed by atoms with Gasteiger partial charge in [-0.3, -0.25) is 0 Å². The number of rotatable bonds is 4. The second-order valence-electron chi connectivity index (χ2n) is 3.61. The Hall–Kier alpha value is -1.65. The highest BCUT2D eigenvalue weighted by molar-refractivity contribution is 5.84. The molecule has 5 nitrogen and oxygen atoms in total. The Balaban J connectivity index is 2.68. The van der Waals surface area contributed by atoms with Gasteiger partial charge in [0.15, 0.2) is 5.69 Å². The van der Waals surface area contributed by atoms with E-state index in [0.717, 1.165) is 0 Å². The summed E-state index contributed by atoms with van der Waals surface area (Å²) in [5.74, 6) is -0.377. The molecule has 0 saturated heterocycles. The molecule has 0 radical (unpaired) electrons. The van der Waals surface area contributed by atoms with Crippen LogP contribution in [0.1, 0.15) is 31.3 Å². The molecule has 1 aromatic rings. The number of aromatic nitrogens is 2. The SMILES string of the molecule is CC(C)C(C)Oc1cnc(C(=O)O)cn1. The summed E-state index contributed by atoms with van der Waals surface area (Å²) >= 11 is 0. The van der Waals surface area contributed by atoms with E-state index in [1.54, 1.807) is 0 Å². The molecule has 0 saturated carbocycles. The number of nitrogens with zero attached hydrogens (tertiary/aromatic N) is 2. The fourth-order valence-electron chi connectivity index (χ4n) is 0.814. The van der Waals surface area contributed by atoms with Gasteiger partial charge in [-0.05, 0) is 12.8 Å². The monoisotopic (exact) mass is 210 g/mol. The third-order valence-electron chi connectivity index (χ3n) is 2.09. The standard InChI is InChI=1S/C10H14N2O3/c1-6(2)7(3)15-9-5-11-8(4-12-9)10(13)14/h4-7H,1-3H3,(H,13,14). The topological polar surface area (TPSA) is 72.3 Å². The molecule has 1 atom stereocenters. The molecule has 0 aliphatic carbocycles. The van der Waals surface area contributed by atoms with Crippen molar-refractivity contribution in [1.29, 1.82) is 0 Å². The average Bonchev–Trinajstić information content (AvgIpc) is 2.18. The largest absolute Gasteiger partial charge is 0.476 e. The Labute approximate surface area is 88.1 Å². The van der Waals surface area contributed by atoms with E-state index < -0.39 is 5.97 Å². The van der Waals surface area contributed by atoms with Crippen LogP contribution in [0, 0.1) is 5.92 Å². The Kier molecular flexibility index (Phi) is 3.60. The van der Waals surface area contributed by atoms with Gasteiger partial charge in [0.1, 0.15) is 0 Å². The predicted molar refractivity (Wildman–Crippen MR) is 53.9 cm³/mol. The third-order valence-corrected chi connectivity index (χ3v) is 2.09. The number of carboxylic acid groups (broad SMARTS) is 1. The summed E-state index contributed by atoms with van der Waals surface area (Å²) < 4.78 is 5.44. The van der Waals surface area contributed by atoms with Crippen LogP contribution in [0.25, 0.3) is 0 Å². The van der Waals surface area contributed by atoms with Crippen molar-refractivity contribution >= 4 is 5.97 Å². The molecule has 15 heavy (non-hydrogen) atoms. The lowest BCUT2D eigenvalue weighted by Gasteiger charge is -2.16. The van der Waals surface area contributed by atoms with E-state index in [9.17, 15) is 4.79 Å². The molecule has 0 aliphatic rings. The van der Waals surface area contributed by atoms with Crippen LogP contribution in [0.5, 0.6) is 5.88 Å². The molecule has 0 aliphatic heterocycles. The summed E-state index contributed by atoms with van der Waals surface area (Å²) in [6.07, 6.45) is 2.53. The fourth-order valence-corrected chi connectivity index (χ4v) is 0.814. The first-order valence-electron chi connectivity index (χ1n) is 4.72. The number of carbonyl (C=O) groups is 1. The maximum atomic E-state index is 10.5. The van der Waals surface area contributed by atoms with Gasteiger partial charge in [0.05, 0.1) is 18.5 Å². The van der Waals surface area contributed by atoms with Crippen molar-refractivity contribution in [1.82, 2.24) is 9.97 Å². The molecule has 1 rings (SSSR count). The van der Waals surface area contributed by atoms with Crippen LogP contribution >= 0.6 is 0 Å². The van der Waals surface area contributed by atoms with Gasteiger partial charge in [-0.25, -0.2) is 14.8 Å². The summed E-state index contributed by atoms with van der Waals surface area (Å²) in [5.41, 5.74) is -0.0837. The lowest BCUT2D eigenvalue weighted by Crippen LogP contribution is -2.19. The molecule has 0 bridgehead atoms. The number of aromatic carboxylic acids is 1. The quantitative estimate of drug-likeness (QED) is 0.817. The minimum Gasteiger partial charge on any atom is -0.476 e. The zero-order valence-electron chi connectivity index (χ0n) is 8.97. The van der Waals surface area contributed by atoms with Crippen molar-refractivity contribution in [2.75, 3.05) is 0 Å². The molecule has 0 aromatic carbocycles. The molecular weight excluding hydrogens is 196 g/mol. The van der Waals surface area contributed by atoms with Crippen molar-refractivity contribution in [2.45, 2.75) is 26.9 Å². The first kappa shape index (κ1) is 11.4. The van der Waals surface area contributed by atoms with Gasteiger partial charge in [0.2, 0.25) is 5.88 Å². The zero-order chi connectivity index (χ0) is 11.4. The lowest BCUT2D eigenvalue weighted by atomic mass is 10.1. The van der Waals surface area contributed by atoms with Crippen LogP contribution in [0.4, 0.5) is 0 Å². The summed E-state index contributed by atoms with van der Waals surface area (Å²) in [7, 11) is 0. The summed E-state index contributed by atoms with van der Waals surface area (Å²) in [6, 6.07) is 0. The normalized spacial score (nSPS) is 12.5. The second-order valence-corrected chi connectivity index (χ2v) is 3.61. The smallest absolute Gasteiger partial charge is 0.356 e. The fraction of sp³-hybridized carbons (Fsp3) is 0.500. The van der Waals surface area contributed by atoms with Gasteiger partial charge in [0.25, 0.3) is 0 Å². The van der Waals surface area contributed by atoms with E-state index in [4.69, 9.17) is 9.84 Å². The van der Waals surface area contributed by atoms with E-state index in [0.29, 0.717) is 11.8 Å². The van der Waals surface area contributed by atoms with Gasteiger partial charge in [0, 0.05) is 0 Å². The van der Waals surface area contributed by atoms with Gasteiger partial charge in [-0.2, -0.15) is 0 Å². The summed E-state index contributed by atoms with van der Waals surface area (Å²) in [5, 5.41) is 8.60. The molecule has 0 fully saturated rings. The number of ether oxygens (including phenoxy) is 1. The lowest BCUT2D eigenvalue weighted by molar-refractivity contribution is 0.0689. The van der Waals surface area contributed by atoms with Crippen molar-refractivity contribution in [3.05, 3.63) is 18.1 Å². The third kappa shape index (κ3) is 3.19. The van der Waals surface area contributed by atoms with E-state index in [-0.39, 0.29) is 11.8 Å². The van der Waals surface area contributed by atoms with E-state index >= 15 is 0 Å². The minimum atomic E-state index is -1.09. The molecule has 1 unspecified atom stereocenters. The highest BCUT2D eigenvalue weighted by Gasteiger charge is 2.10. The van der Waals surface area contributed by atoms with Gasteiger partial charge in [-0.1, -0.05) is 13.8 Å². The van der Waals surface area contributed by atoms with Gasteiger partial charge < -0.3 is 9.84 Å². The van der Waals surface area contributed by atoms with Crippen LogP contribution in [0.3, 0.4) is 0 Å².